The fraction of sp³-hybridized carbons (Fsp3) is 0.185. The predicted molar refractivity (Wildman–Crippen MR) is 130 cm³/mol. The standard InChI is InChI=1S/C27H27NO2.ClH/c1-29-24-14-11-21(12-15-24)17-18-28-19-26-25-10-6-5-9-23(25)13-16-27(26)30-20-22-7-3-2-4-8-22;/h2-16,28H,17-20H2,1H3;1H. The monoisotopic (exact) mass is 433 g/mol. The first-order chi connectivity index (χ1) is 14.8. The first-order valence-electron chi connectivity index (χ1n) is 10.3. The van der Waals surface area contributed by atoms with Crippen LogP contribution >= 0.6 is 12.4 Å². The van der Waals surface area contributed by atoms with Crippen molar-refractivity contribution in [1.29, 1.82) is 0 Å². The van der Waals surface area contributed by atoms with E-state index >= 15 is 0 Å². The highest BCUT2D eigenvalue weighted by atomic mass is 35.5. The van der Waals surface area contributed by atoms with E-state index in [0.29, 0.717) is 6.61 Å². The molecule has 1 N–H and O–H groups in total. The van der Waals surface area contributed by atoms with Gasteiger partial charge in [0.25, 0.3) is 0 Å². The lowest BCUT2D eigenvalue weighted by Crippen LogP contribution is -2.17. The van der Waals surface area contributed by atoms with Crippen molar-refractivity contribution >= 4 is 23.2 Å². The van der Waals surface area contributed by atoms with Crippen LogP contribution in [0.3, 0.4) is 0 Å². The number of methoxy groups -OCH3 is 1. The molecule has 0 spiro atoms. The average molecular weight is 434 g/mol. The summed E-state index contributed by atoms with van der Waals surface area (Å²) in [5, 5.41) is 6.07. The van der Waals surface area contributed by atoms with Gasteiger partial charge in [0.05, 0.1) is 7.11 Å². The molecule has 0 aromatic heterocycles. The maximum Gasteiger partial charge on any atom is 0.124 e. The zero-order valence-electron chi connectivity index (χ0n) is 17.7. The number of halogens is 1. The van der Waals surface area contributed by atoms with Gasteiger partial charge in [0.2, 0.25) is 0 Å². The fourth-order valence-corrected chi connectivity index (χ4v) is 3.61. The molecule has 0 atom stereocenters. The summed E-state index contributed by atoms with van der Waals surface area (Å²) >= 11 is 0. The van der Waals surface area contributed by atoms with Crippen molar-refractivity contribution in [1.82, 2.24) is 5.32 Å². The topological polar surface area (TPSA) is 30.5 Å². The third kappa shape index (κ3) is 6.00. The normalized spacial score (nSPS) is 10.5. The molecule has 160 valence electrons. The lowest BCUT2D eigenvalue weighted by atomic mass is 10.0. The second kappa shape index (κ2) is 11.4. The number of hydrogen-bond donors (Lipinski definition) is 1. The van der Waals surface area contributed by atoms with Gasteiger partial charge < -0.3 is 14.8 Å². The number of ether oxygens (including phenoxy) is 2. The van der Waals surface area contributed by atoms with Gasteiger partial charge >= 0.3 is 0 Å². The summed E-state index contributed by atoms with van der Waals surface area (Å²) in [6, 6.07) is 31.3. The molecule has 0 aliphatic heterocycles. The number of fused-ring (bicyclic) bond motifs is 1. The van der Waals surface area contributed by atoms with Gasteiger partial charge in [-0.3, -0.25) is 0 Å². The maximum absolute atomic E-state index is 6.22. The molecule has 0 radical (unpaired) electrons. The van der Waals surface area contributed by atoms with E-state index in [1.54, 1.807) is 7.11 Å². The Hall–Kier alpha value is -3.01. The minimum atomic E-state index is 0. The first-order valence-corrected chi connectivity index (χ1v) is 10.3. The Balaban J connectivity index is 0.00000272. The molecule has 0 amide bonds. The molecule has 0 aliphatic rings. The minimum absolute atomic E-state index is 0. The van der Waals surface area contributed by atoms with E-state index in [-0.39, 0.29) is 12.4 Å². The van der Waals surface area contributed by atoms with Crippen molar-refractivity contribution in [3.05, 3.63) is 108 Å². The largest absolute Gasteiger partial charge is 0.497 e. The molecule has 0 aliphatic carbocycles. The number of nitrogens with one attached hydrogen (secondary N) is 1. The van der Waals surface area contributed by atoms with Crippen molar-refractivity contribution in [3.8, 4) is 11.5 Å². The molecule has 0 saturated carbocycles. The Morgan fingerprint density at radius 3 is 2.26 bits per heavy atom. The summed E-state index contributed by atoms with van der Waals surface area (Å²) < 4.78 is 11.5. The van der Waals surface area contributed by atoms with Crippen LogP contribution in [0, 0.1) is 0 Å². The van der Waals surface area contributed by atoms with Gasteiger partial charge in [-0.25, -0.2) is 0 Å². The van der Waals surface area contributed by atoms with E-state index in [1.807, 2.05) is 30.3 Å². The van der Waals surface area contributed by atoms with Gasteiger partial charge in [0.1, 0.15) is 18.1 Å². The number of benzene rings is 4. The number of hydrogen-bond acceptors (Lipinski definition) is 3. The summed E-state index contributed by atoms with van der Waals surface area (Å²) in [6.07, 6.45) is 0.967. The quantitative estimate of drug-likeness (QED) is 0.319. The maximum atomic E-state index is 6.22. The SMILES string of the molecule is COc1ccc(CCNCc2c(OCc3ccccc3)ccc3ccccc23)cc1.Cl. The molecule has 3 nitrogen and oxygen atoms in total. The zero-order valence-corrected chi connectivity index (χ0v) is 18.5. The Kier molecular flexibility index (Phi) is 8.34. The van der Waals surface area contributed by atoms with Crippen LogP contribution < -0.4 is 14.8 Å². The molecular formula is C27H28ClNO2. The smallest absolute Gasteiger partial charge is 0.124 e. The molecule has 0 bridgehead atoms. The third-order valence-corrected chi connectivity index (χ3v) is 5.29. The first kappa shape index (κ1) is 22.7. The highest BCUT2D eigenvalue weighted by molar-refractivity contribution is 5.87. The van der Waals surface area contributed by atoms with Crippen LogP contribution in [-0.4, -0.2) is 13.7 Å². The lowest BCUT2D eigenvalue weighted by Gasteiger charge is -2.15. The highest BCUT2D eigenvalue weighted by Crippen LogP contribution is 2.28. The predicted octanol–water partition coefficient (Wildman–Crippen LogP) is 6.18. The Morgan fingerprint density at radius 1 is 0.742 bits per heavy atom. The Morgan fingerprint density at radius 2 is 1.48 bits per heavy atom. The lowest BCUT2D eigenvalue weighted by molar-refractivity contribution is 0.303. The van der Waals surface area contributed by atoms with Gasteiger partial charge in [0, 0.05) is 12.1 Å². The molecule has 4 aromatic rings. The fourth-order valence-electron chi connectivity index (χ4n) is 3.61. The van der Waals surface area contributed by atoms with Crippen LogP contribution in [0.15, 0.2) is 91.0 Å². The molecule has 0 unspecified atom stereocenters. The minimum Gasteiger partial charge on any atom is -0.497 e. The molecule has 4 heteroatoms. The van der Waals surface area contributed by atoms with Crippen LogP contribution in [0.4, 0.5) is 0 Å². The van der Waals surface area contributed by atoms with Crippen LogP contribution in [0.5, 0.6) is 11.5 Å². The second-order valence-electron chi connectivity index (χ2n) is 7.31. The van der Waals surface area contributed by atoms with E-state index in [2.05, 4.69) is 66.0 Å². The summed E-state index contributed by atoms with van der Waals surface area (Å²) in [5.41, 5.74) is 3.67. The Bertz CT molecular complexity index is 1080. The van der Waals surface area contributed by atoms with Gasteiger partial charge in [-0.05, 0) is 53.1 Å². The Labute approximate surface area is 190 Å². The van der Waals surface area contributed by atoms with Gasteiger partial charge in [-0.2, -0.15) is 0 Å². The van der Waals surface area contributed by atoms with E-state index in [4.69, 9.17) is 9.47 Å². The van der Waals surface area contributed by atoms with Crippen molar-refractivity contribution in [2.75, 3.05) is 13.7 Å². The average Bonchev–Trinajstić information content (AvgIpc) is 2.82. The van der Waals surface area contributed by atoms with Crippen LogP contribution in [0.25, 0.3) is 10.8 Å². The molecule has 0 saturated heterocycles. The summed E-state index contributed by atoms with van der Waals surface area (Å²) in [7, 11) is 1.69. The highest BCUT2D eigenvalue weighted by Gasteiger charge is 2.09. The van der Waals surface area contributed by atoms with Crippen LogP contribution in [0.1, 0.15) is 16.7 Å². The summed E-state index contributed by atoms with van der Waals surface area (Å²) in [4.78, 5) is 0. The molecule has 4 rings (SSSR count). The molecule has 4 aromatic carbocycles. The van der Waals surface area contributed by atoms with E-state index in [0.717, 1.165) is 31.0 Å². The zero-order chi connectivity index (χ0) is 20.6. The second-order valence-corrected chi connectivity index (χ2v) is 7.31. The van der Waals surface area contributed by atoms with Crippen LogP contribution in [0.2, 0.25) is 0 Å². The van der Waals surface area contributed by atoms with Crippen LogP contribution in [-0.2, 0) is 19.6 Å². The van der Waals surface area contributed by atoms with E-state index < -0.39 is 0 Å². The van der Waals surface area contributed by atoms with Gasteiger partial charge in [-0.15, -0.1) is 12.4 Å². The van der Waals surface area contributed by atoms with Crippen molar-refractivity contribution < 1.29 is 9.47 Å². The van der Waals surface area contributed by atoms with Crippen molar-refractivity contribution in [3.63, 3.8) is 0 Å². The molecule has 31 heavy (non-hydrogen) atoms. The number of rotatable bonds is 9. The molecule has 0 heterocycles. The molecular weight excluding hydrogens is 406 g/mol. The van der Waals surface area contributed by atoms with Gasteiger partial charge in [0.15, 0.2) is 0 Å². The molecule has 0 fully saturated rings. The van der Waals surface area contributed by atoms with E-state index in [9.17, 15) is 0 Å². The van der Waals surface area contributed by atoms with Gasteiger partial charge in [-0.1, -0.05) is 72.8 Å². The van der Waals surface area contributed by atoms with Crippen molar-refractivity contribution in [2.45, 2.75) is 19.6 Å². The summed E-state index contributed by atoms with van der Waals surface area (Å²) in [6.45, 7) is 2.23. The van der Waals surface area contributed by atoms with E-state index in [1.165, 1.54) is 27.5 Å². The summed E-state index contributed by atoms with van der Waals surface area (Å²) in [5.74, 6) is 1.83. The van der Waals surface area contributed by atoms with Crippen molar-refractivity contribution in [2.24, 2.45) is 0 Å². The third-order valence-electron chi connectivity index (χ3n) is 5.29.